The summed E-state index contributed by atoms with van der Waals surface area (Å²) in [7, 11) is 0. The third-order valence-corrected chi connectivity index (χ3v) is 6.43. The summed E-state index contributed by atoms with van der Waals surface area (Å²) < 4.78 is 6.08. The molecule has 0 aromatic heterocycles. The lowest BCUT2D eigenvalue weighted by atomic mass is 9.88. The smallest absolute Gasteiger partial charge is 0.141 e. The molecule has 3 aromatic carbocycles. The molecule has 2 atom stereocenters. The number of nitrogens with zero attached hydrogens (tertiary/aromatic N) is 1. The van der Waals surface area contributed by atoms with Crippen LogP contribution in [0.5, 0.6) is 0 Å². The van der Waals surface area contributed by atoms with Crippen LogP contribution < -0.4 is 10.9 Å². The molecule has 0 fully saturated rings. The minimum absolute atomic E-state index is 0.246. The quantitative estimate of drug-likeness (QED) is 0.318. The van der Waals surface area contributed by atoms with Gasteiger partial charge in [-0.2, -0.15) is 0 Å². The Balaban J connectivity index is 1.56. The molecule has 1 aliphatic heterocycles. The van der Waals surface area contributed by atoms with Crippen LogP contribution in [0.4, 0.5) is 0 Å². The van der Waals surface area contributed by atoms with Crippen molar-refractivity contribution in [2.45, 2.75) is 38.1 Å². The Bertz CT molecular complexity index is 1120. The van der Waals surface area contributed by atoms with Crippen LogP contribution in [0.25, 0.3) is 0 Å². The lowest BCUT2D eigenvalue weighted by Gasteiger charge is -2.40. The van der Waals surface area contributed by atoms with Gasteiger partial charge in [-0.15, -0.1) is 0 Å². The van der Waals surface area contributed by atoms with Crippen LogP contribution in [0.15, 0.2) is 127 Å². The monoisotopic (exact) mass is 481 g/mol. The summed E-state index contributed by atoms with van der Waals surface area (Å²) in [5.74, 6) is 0.419. The highest BCUT2D eigenvalue weighted by molar-refractivity contribution is 5.38. The van der Waals surface area contributed by atoms with Gasteiger partial charge in [0.15, 0.2) is 0 Å². The van der Waals surface area contributed by atoms with Gasteiger partial charge in [-0.1, -0.05) is 111 Å². The molecule has 0 saturated carbocycles. The zero-order valence-corrected chi connectivity index (χ0v) is 20.8. The summed E-state index contributed by atoms with van der Waals surface area (Å²) in [5, 5.41) is 11.9. The predicted octanol–water partition coefficient (Wildman–Crippen LogP) is 5.45. The Kier molecular flexibility index (Phi) is 8.61. The van der Waals surface area contributed by atoms with E-state index >= 15 is 0 Å². The molecule has 3 aromatic rings. The van der Waals surface area contributed by atoms with E-state index in [0.717, 1.165) is 34.4 Å². The van der Waals surface area contributed by atoms with Crippen LogP contribution in [0.2, 0.25) is 0 Å². The van der Waals surface area contributed by atoms with Gasteiger partial charge in [0.05, 0.1) is 18.2 Å². The summed E-state index contributed by atoms with van der Waals surface area (Å²) in [6, 6.07) is 29.9. The first-order valence-corrected chi connectivity index (χ1v) is 12.4. The number of rotatable bonds is 11. The van der Waals surface area contributed by atoms with E-state index < -0.39 is 6.23 Å². The van der Waals surface area contributed by atoms with Gasteiger partial charge in [0.2, 0.25) is 0 Å². The third kappa shape index (κ3) is 5.88. The fourth-order valence-electron chi connectivity index (χ4n) is 4.56. The third-order valence-electron chi connectivity index (χ3n) is 6.43. The number of nitrogens with one attached hydrogen (secondary N) is 2. The highest BCUT2D eigenvalue weighted by atomic mass is 16.5. The van der Waals surface area contributed by atoms with E-state index in [2.05, 4.69) is 55.2 Å². The van der Waals surface area contributed by atoms with Crippen molar-refractivity contribution in [3.8, 4) is 0 Å². The lowest BCUT2D eigenvalue weighted by Crippen LogP contribution is -2.51. The van der Waals surface area contributed by atoms with E-state index in [1.807, 2.05) is 71.6 Å². The van der Waals surface area contributed by atoms with Gasteiger partial charge in [-0.05, 0) is 23.1 Å². The second kappa shape index (κ2) is 12.2. The molecule has 4 rings (SSSR count). The van der Waals surface area contributed by atoms with Crippen molar-refractivity contribution < 1.29 is 9.84 Å². The summed E-state index contributed by atoms with van der Waals surface area (Å²) in [4.78, 5) is 1.98. The number of hydrogen-bond donors (Lipinski definition) is 3. The van der Waals surface area contributed by atoms with Crippen LogP contribution in [0.1, 0.15) is 36.0 Å². The van der Waals surface area contributed by atoms with E-state index in [4.69, 9.17) is 4.74 Å². The molecular weight excluding hydrogens is 446 g/mol. The van der Waals surface area contributed by atoms with Gasteiger partial charge in [0.25, 0.3) is 0 Å². The second-order valence-corrected chi connectivity index (χ2v) is 8.93. The van der Waals surface area contributed by atoms with Gasteiger partial charge in [-0.3, -0.25) is 0 Å². The molecule has 1 aliphatic rings. The molecule has 5 heteroatoms. The van der Waals surface area contributed by atoms with E-state index in [9.17, 15) is 5.11 Å². The normalized spacial score (nSPS) is 16.1. The van der Waals surface area contributed by atoms with Crippen molar-refractivity contribution in [3.05, 3.63) is 144 Å². The van der Waals surface area contributed by atoms with E-state index in [-0.39, 0.29) is 12.0 Å². The zero-order valence-electron chi connectivity index (χ0n) is 20.8. The first-order valence-electron chi connectivity index (χ1n) is 12.4. The van der Waals surface area contributed by atoms with Gasteiger partial charge in [-0.25, -0.2) is 5.43 Å². The van der Waals surface area contributed by atoms with Crippen LogP contribution in [0.3, 0.4) is 0 Å². The van der Waals surface area contributed by atoms with Crippen LogP contribution in [-0.4, -0.2) is 28.8 Å². The Morgan fingerprint density at radius 2 is 1.50 bits per heavy atom. The van der Waals surface area contributed by atoms with Gasteiger partial charge < -0.3 is 20.2 Å². The zero-order chi connectivity index (χ0) is 25.3. The molecule has 3 N–H and O–H groups in total. The van der Waals surface area contributed by atoms with Crippen LogP contribution in [0, 0.1) is 0 Å². The summed E-state index contributed by atoms with van der Waals surface area (Å²) >= 11 is 0. The minimum Gasteiger partial charge on any atom is -0.487 e. The molecule has 1 heterocycles. The van der Waals surface area contributed by atoms with Gasteiger partial charge in [0.1, 0.15) is 18.6 Å². The van der Waals surface area contributed by atoms with Crippen molar-refractivity contribution in [1.29, 1.82) is 0 Å². The summed E-state index contributed by atoms with van der Waals surface area (Å²) in [6.07, 6.45) is 1.80. The summed E-state index contributed by atoms with van der Waals surface area (Å²) in [6.45, 7) is 11.9. The summed E-state index contributed by atoms with van der Waals surface area (Å²) in [5.41, 5.74) is 11.0. The number of aliphatic hydroxyl groups excluding tert-OH is 1. The minimum atomic E-state index is -0.823. The average molecular weight is 482 g/mol. The standard InChI is InChI=1S/C31H35N3O2/c1-4-20-34(31(35)29(26-16-10-6-11-17-26)27-18-12-7-13-19-27)24(3)30-23(2)28(21-32-33-30)36-22-25-14-8-5-9-15-25/h5-19,21,29-33,35H,2-4,20,22H2,1H3. The van der Waals surface area contributed by atoms with Gasteiger partial charge >= 0.3 is 0 Å². The molecule has 0 spiro atoms. The molecule has 0 bridgehead atoms. The maximum absolute atomic E-state index is 11.9. The molecule has 0 aliphatic carbocycles. The van der Waals surface area contributed by atoms with E-state index in [0.29, 0.717) is 18.9 Å². The highest BCUT2D eigenvalue weighted by Crippen LogP contribution is 2.33. The van der Waals surface area contributed by atoms with E-state index in [1.54, 1.807) is 6.20 Å². The molecule has 36 heavy (non-hydrogen) atoms. The number of aliphatic hydroxyl groups is 1. The topological polar surface area (TPSA) is 56.8 Å². The number of hydrazine groups is 1. The van der Waals surface area contributed by atoms with E-state index in [1.165, 1.54) is 0 Å². The maximum atomic E-state index is 11.9. The fourth-order valence-corrected chi connectivity index (χ4v) is 4.56. The molecule has 0 amide bonds. The highest BCUT2D eigenvalue weighted by Gasteiger charge is 2.33. The maximum Gasteiger partial charge on any atom is 0.141 e. The van der Waals surface area contributed by atoms with Crippen molar-refractivity contribution >= 4 is 0 Å². The first-order chi connectivity index (χ1) is 17.6. The average Bonchev–Trinajstić information content (AvgIpc) is 2.92. The molecule has 0 radical (unpaired) electrons. The predicted molar refractivity (Wildman–Crippen MR) is 145 cm³/mol. The number of benzene rings is 3. The molecule has 0 saturated heterocycles. The number of hydrogen-bond acceptors (Lipinski definition) is 5. The van der Waals surface area contributed by atoms with Crippen molar-refractivity contribution in [2.75, 3.05) is 6.54 Å². The molecule has 5 nitrogen and oxygen atoms in total. The first kappa shape index (κ1) is 25.3. The Labute approximate surface area is 214 Å². The Morgan fingerprint density at radius 1 is 0.944 bits per heavy atom. The molecule has 186 valence electrons. The van der Waals surface area contributed by atoms with Crippen molar-refractivity contribution in [3.63, 3.8) is 0 Å². The van der Waals surface area contributed by atoms with Gasteiger partial charge in [0, 0.05) is 17.8 Å². The van der Waals surface area contributed by atoms with Crippen LogP contribution >= 0.6 is 0 Å². The molecular formula is C31H35N3O2. The van der Waals surface area contributed by atoms with Crippen molar-refractivity contribution in [2.24, 2.45) is 0 Å². The second-order valence-electron chi connectivity index (χ2n) is 8.93. The lowest BCUT2D eigenvalue weighted by molar-refractivity contribution is 0.0107. The number of ether oxygens (including phenoxy) is 1. The Hall–Kier alpha value is -3.80. The Morgan fingerprint density at radius 3 is 2.06 bits per heavy atom. The van der Waals surface area contributed by atoms with Crippen molar-refractivity contribution in [1.82, 2.24) is 15.8 Å². The SMILES string of the molecule is C=C1C(OCc2ccccc2)=CNNC1C(=C)N(CCC)C(O)C(c1ccccc1)c1ccccc1. The molecule has 2 unspecified atom stereocenters. The van der Waals surface area contributed by atoms with Crippen LogP contribution in [-0.2, 0) is 11.3 Å². The fraction of sp³-hybridized carbons (Fsp3) is 0.226. The largest absolute Gasteiger partial charge is 0.487 e.